The maximum absolute atomic E-state index is 13.0. The van der Waals surface area contributed by atoms with E-state index in [-0.39, 0.29) is 11.7 Å². The van der Waals surface area contributed by atoms with E-state index in [9.17, 15) is 9.18 Å². The van der Waals surface area contributed by atoms with Crippen molar-refractivity contribution < 1.29 is 9.18 Å². The number of nitrogens with one attached hydrogen (secondary N) is 1. The summed E-state index contributed by atoms with van der Waals surface area (Å²) in [4.78, 5) is 12.7. The second-order valence-electron chi connectivity index (χ2n) is 7.32. The quantitative estimate of drug-likeness (QED) is 0.423. The number of carbonyl (C=O) groups is 1. The van der Waals surface area contributed by atoms with Gasteiger partial charge in [0.05, 0.1) is 29.0 Å². The molecule has 8 heteroatoms. The summed E-state index contributed by atoms with van der Waals surface area (Å²) in [6.45, 7) is 5.02. The first-order valence-corrected chi connectivity index (χ1v) is 10.6. The second-order valence-corrected chi connectivity index (χ2v) is 8.11. The van der Waals surface area contributed by atoms with Crippen molar-refractivity contribution in [3.63, 3.8) is 0 Å². The minimum atomic E-state index is -0.273. The first kappa shape index (κ1) is 21.0. The van der Waals surface area contributed by atoms with Gasteiger partial charge >= 0.3 is 0 Å². The van der Waals surface area contributed by atoms with E-state index in [0.717, 1.165) is 27.0 Å². The molecule has 2 aromatic heterocycles. The molecule has 2 aromatic carbocycles. The number of anilines is 1. The van der Waals surface area contributed by atoms with Crippen LogP contribution in [0.5, 0.6) is 0 Å². The summed E-state index contributed by atoms with van der Waals surface area (Å²) >= 11 is 3.54. The molecule has 6 nitrogen and oxygen atoms in total. The lowest BCUT2D eigenvalue weighted by Crippen LogP contribution is -2.13. The molecule has 1 amide bonds. The lowest BCUT2D eigenvalue weighted by molar-refractivity contribution is 0.102. The average Bonchev–Trinajstić information content (AvgIpc) is 3.29. The van der Waals surface area contributed by atoms with Gasteiger partial charge in [-0.2, -0.15) is 10.2 Å². The fourth-order valence-electron chi connectivity index (χ4n) is 3.29. The Labute approximate surface area is 187 Å². The zero-order valence-electron chi connectivity index (χ0n) is 17.1. The van der Waals surface area contributed by atoms with Crippen LogP contribution in [0.25, 0.3) is 0 Å². The van der Waals surface area contributed by atoms with E-state index in [2.05, 4.69) is 31.4 Å². The standard InChI is InChI=1S/C23H21BrFN5O/c1-15-22(24)16(2)30(27-15)14-18-4-3-5-19(12-18)23(31)26-21-10-11-29(28-21)13-17-6-8-20(25)9-7-17/h3-12H,13-14H2,1-2H3,(H,26,28,31). The summed E-state index contributed by atoms with van der Waals surface area (Å²) in [5, 5.41) is 11.7. The molecule has 4 aromatic rings. The second kappa shape index (κ2) is 8.85. The van der Waals surface area contributed by atoms with Crippen molar-refractivity contribution in [3.05, 3.63) is 99.2 Å². The summed E-state index contributed by atoms with van der Waals surface area (Å²) in [5.41, 5.74) is 4.42. The third-order valence-electron chi connectivity index (χ3n) is 4.95. The first-order chi connectivity index (χ1) is 14.9. The largest absolute Gasteiger partial charge is 0.305 e. The molecule has 31 heavy (non-hydrogen) atoms. The molecule has 0 aliphatic heterocycles. The number of halogens is 2. The molecule has 0 aliphatic rings. The van der Waals surface area contributed by atoms with E-state index in [0.29, 0.717) is 24.5 Å². The Morgan fingerprint density at radius 1 is 1.03 bits per heavy atom. The normalized spacial score (nSPS) is 11.0. The molecular formula is C23H21BrFN5O. The van der Waals surface area contributed by atoms with E-state index in [1.807, 2.05) is 36.7 Å². The number of carbonyl (C=O) groups excluding carboxylic acids is 1. The van der Waals surface area contributed by atoms with Crippen LogP contribution in [0.4, 0.5) is 10.2 Å². The summed E-state index contributed by atoms with van der Waals surface area (Å²) in [5.74, 6) is -0.0479. The van der Waals surface area contributed by atoms with Crippen LogP contribution in [0, 0.1) is 19.7 Å². The molecule has 2 heterocycles. The van der Waals surface area contributed by atoms with E-state index in [1.165, 1.54) is 12.1 Å². The molecule has 0 saturated heterocycles. The van der Waals surface area contributed by atoms with Crippen LogP contribution in [0.3, 0.4) is 0 Å². The summed E-state index contributed by atoms with van der Waals surface area (Å²) in [6, 6.07) is 15.4. The molecule has 1 N–H and O–H groups in total. The van der Waals surface area contributed by atoms with Gasteiger partial charge in [0.2, 0.25) is 0 Å². The van der Waals surface area contributed by atoms with Gasteiger partial charge in [-0.25, -0.2) is 4.39 Å². The SMILES string of the molecule is Cc1nn(Cc2cccc(C(=O)Nc3ccn(Cc4ccc(F)cc4)n3)c2)c(C)c1Br. The Bertz CT molecular complexity index is 1230. The van der Waals surface area contributed by atoms with Gasteiger partial charge in [0.15, 0.2) is 5.82 Å². The van der Waals surface area contributed by atoms with Crippen LogP contribution < -0.4 is 5.32 Å². The maximum Gasteiger partial charge on any atom is 0.256 e. The van der Waals surface area contributed by atoms with E-state index in [1.54, 1.807) is 35.1 Å². The molecule has 0 fully saturated rings. The molecular weight excluding hydrogens is 461 g/mol. The third-order valence-corrected chi connectivity index (χ3v) is 6.10. The highest BCUT2D eigenvalue weighted by molar-refractivity contribution is 9.10. The highest BCUT2D eigenvalue weighted by Gasteiger charge is 2.12. The van der Waals surface area contributed by atoms with Crippen molar-refractivity contribution in [1.29, 1.82) is 0 Å². The van der Waals surface area contributed by atoms with Crippen LogP contribution in [0.1, 0.15) is 32.9 Å². The van der Waals surface area contributed by atoms with Gasteiger partial charge in [-0.1, -0.05) is 24.3 Å². The van der Waals surface area contributed by atoms with Crippen molar-refractivity contribution in [3.8, 4) is 0 Å². The van der Waals surface area contributed by atoms with Gasteiger partial charge in [-0.05, 0) is 65.2 Å². The molecule has 0 saturated carbocycles. The smallest absolute Gasteiger partial charge is 0.256 e. The minimum absolute atomic E-state index is 0.233. The number of benzene rings is 2. The molecule has 0 atom stereocenters. The summed E-state index contributed by atoms with van der Waals surface area (Å²) in [7, 11) is 0. The van der Waals surface area contributed by atoms with Crippen molar-refractivity contribution in [2.75, 3.05) is 5.32 Å². The molecule has 0 spiro atoms. The summed E-state index contributed by atoms with van der Waals surface area (Å²) < 4.78 is 17.6. The minimum Gasteiger partial charge on any atom is -0.305 e. The molecule has 0 unspecified atom stereocenters. The molecule has 0 bridgehead atoms. The number of amides is 1. The Kier molecular flexibility index (Phi) is 5.99. The maximum atomic E-state index is 13.0. The molecule has 0 radical (unpaired) electrons. The van der Waals surface area contributed by atoms with Crippen LogP contribution in [0.15, 0.2) is 65.3 Å². The fourth-order valence-corrected chi connectivity index (χ4v) is 3.58. The van der Waals surface area contributed by atoms with Crippen LogP contribution in [0.2, 0.25) is 0 Å². The monoisotopic (exact) mass is 481 g/mol. The van der Waals surface area contributed by atoms with E-state index >= 15 is 0 Å². The van der Waals surface area contributed by atoms with E-state index in [4.69, 9.17) is 0 Å². The van der Waals surface area contributed by atoms with Gasteiger partial charge in [0, 0.05) is 17.8 Å². The molecule has 4 rings (SSSR count). The predicted octanol–water partition coefficient (Wildman–Crippen LogP) is 4.95. The Hall–Kier alpha value is -3.26. The predicted molar refractivity (Wildman–Crippen MR) is 121 cm³/mol. The number of rotatable bonds is 6. The van der Waals surface area contributed by atoms with Gasteiger partial charge < -0.3 is 5.32 Å². The highest BCUT2D eigenvalue weighted by atomic mass is 79.9. The van der Waals surface area contributed by atoms with Crippen molar-refractivity contribution >= 4 is 27.7 Å². The number of nitrogens with zero attached hydrogens (tertiary/aromatic N) is 4. The van der Waals surface area contributed by atoms with Crippen molar-refractivity contribution in [2.45, 2.75) is 26.9 Å². The number of hydrogen-bond acceptors (Lipinski definition) is 3. The fraction of sp³-hybridized carbons (Fsp3) is 0.174. The third kappa shape index (κ3) is 4.91. The van der Waals surface area contributed by atoms with Gasteiger partial charge in [0.1, 0.15) is 5.82 Å². The topological polar surface area (TPSA) is 64.7 Å². The lowest BCUT2D eigenvalue weighted by Gasteiger charge is -2.07. The number of aromatic nitrogens is 4. The van der Waals surface area contributed by atoms with Crippen molar-refractivity contribution in [1.82, 2.24) is 19.6 Å². The average molecular weight is 482 g/mol. The van der Waals surface area contributed by atoms with Gasteiger partial charge in [0.25, 0.3) is 5.91 Å². The Balaban J connectivity index is 1.43. The number of hydrogen-bond donors (Lipinski definition) is 1. The summed E-state index contributed by atoms with van der Waals surface area (Å²) in [6.07, 6.45) is 1.77. The Morgan fingerprint density at radius 3 is 2.52 bits per heavy atom. The molecule has 158 valence electrons. The van der Waals surface area contributed by atoms with Crippen LogP contribution in [-0.4, -0.2) is 25.5 Å². The zero-order valence-corrected chi connectivity index (χ0v) is 18.7. The van der Waals surface area contributed by atoms with E-state index < -0.39 is 0 Å². The first-order valence-electron chi connectivity index (χ1n) is 9.77. The molecule has 0 aliphatic carbocycles. The zero-order chi connectivity index (χ0) is 22.0. The van der Waals surface area contributed by atoms with Gasteiger partial charge in [-0.15, -0.1) is 0 Å². The number of aryl methyl sites for hydroxylation is 1. The highest BCUT2D eigenvalue weighted by Crippen LogP contribution is 2.21. The van der Waals surface area contributed by atoms with Crippen LogP contribution >= 0.6 is 15.9 Å². The lowest BCUT2D eigenvalue weighted by atomic mass is 10.1. The van der Waals surface area contributed by atoms with Crippen molar-refractivity contribution in [2.24, 2.45) is 0 Å². The Morgan fingerprint density at radius 2 is 1.81 bits per heavy atom. The van der Waals surface area contributed by atoms with Gasteiger partial charge in [-0.3, -0.25) is 14.2 Å². The van der Waals surface area contributed by atoms with Crippen LogP contribution in [-0.2, 0) is 13.1 Å².